The van der Waals surface area contributed by atoms with E-state index in [4.69, 9.17) is 0 Å². The Hall–Kier alpha value is -0.0800. The van der Waals surface area contributed by atoms with Crippen molar-refractivity contribution in [2.75, 3.05) is 20.6 Å². The number of likely N-dealkylation sites (tertiary alicyclic amines) is 1. The second-order valence-electron chi connectivity index (χ2n) is 4.89. The van der Waals surface area contributed by atoms with E-state index in [0.717, 1.165) is 6.54 Å². The lowest BCUT2D eigenvalue weighted by Crippen LogP contribution is -2.52. The Balaban J connectivity index is 2.94. The maximum atomic E-state index is 3.45. The molecule has 0 amide bonds. The van der Waals surface area contributed by atoms with Crippen LogP contribution in [0.2, 0.25) is 0 Å². The minimum Gasteiger partial charge on any atom is -0.313 e. The van der Waals surface area contributed by atoms with Gasteiger partial charge in [0.15, 0.2) is 0 Å². The van der Waals surface area contributed by atoms with E-state index in [1.54, 1.807) is 0 Å². The van der Waals surface area contributed by atoms with E-state index in [9.17, 15) is 0 Å². The molecular weight excluding hydrogens is 148 g/mol. The van der Waals surface area contributed by atoms with Gasteiger partial charge >= 0.3 is 0 Å². The first-order valence-corrected chi connectivity index (χ1v) is 4.74. The molecule has 1 saturated heterocycles. The Morgan fingerprint density at radius 3 is 2.00 bits per heavy atom. The monoisotopic (exact) mass is 170 g/mol. The normalized spacial score (nSPS) is 42.0. The van der Waals surface area contributed by atoms with Crippen molar-refractivity contribution in [1.82, 2.24) is 10.2 Å². The lowest BCUT2D eigenvalue weighted by atomic mass is 9.72. The van der Waals surface area contributed by atoms with Gasteiger partial charge < -0.3 is 10.2 Å². The molecule has 1 aliphatic heterocycles. The third-order valence-corrected chi connectivity index (χ3v) is 4.25. The van der Waals surface area contributed by atoms with Crippen molar-refractivity contribution in [1.29, 1.82) is 0 Å². The topological polar surface area (TPSA) is 15.3 Å². The summed E-state index contributed by atoms with van der Waals surface area (Å²) in [6.07, 6.45) is 0. The molecule has 2 unspecified atom stereocenters. The van der Waals surface area contributed by atoms with Crippen LogP contribution in [0.5, 0.6) is 0 Å². The average molecular weight is 170 g/mol. The van der Waals surface area contributed by atoms with E-state index in [0.29, 0.717) is 11.5 Å². The highest BCUT2D eigenvalue weighted by atomic mass is 15.2. The van der Waals surface area contributed by atoms with Crippen LogP contribution < -0.4 is 5.32 Å². The van der Waals surface area contributed by atoms with Crippen LogP contribution >= 0.6 is 0 Å². The fourth-order valence-electron chi connectivity index (χ4n) is 2.25. The molecule has 0 saturated carbocycles. The maximum absolute atomic E-state index is 3.45. The predicted octanol–water partition coefficient (Wildman–Crippen LogP) is 1.32. The molecule has 0 bridgehead atoms. The first-order valence-electron chi connectivity index (χ1n) is 4.74. The summed E-state index contributed by atoms with van der Waals surface area (Å²) < 4.78 is 0. The SMILES string of the molecule is CNC1(C)CN(C)C(C)C1(C)C. The smallest absolute Gasteiger partial charge is 0.0344 e. The summed E-state index contributed by atoms with van der Waals surface area (Å²) in [6.45, 7) is 10.4. The Kier molecular flexibility index (Phi) is 2.26. The molecule has 0 aromatic heterocycles. The summed E-state index contributed by atoms with van der Waals surface area (Å²) in [6, 6.07) is 0.648. The van der Waals surface area contributed by atoms with Gasteiger partial charge in [0.05, 0.1) is 0 Å². The van der Waals surface area contributed by atoms with E-state index in [1.165, 1.54) is 0 Å². The minimum atomic E-state index is 0.251. The molecular formula is C10H22N2. The number of likely N-dealkylation sites (N-methyl/N-ethyl adjacent to an activating group) is 2. The van der Waals surface area contributed by atoms with Gasteiger partial charge in [-0.2, -0.15) is 0 Å². The van der Waals surface area contributed by atoms with Crippen molar-refractivity contribution in [3.63, 3.8) is 0 Å². The van der Waals surface area contributed by atoms with Gasteiger partial charge in [-0.15, -0.1) is 0 Å². The largest absolute Gasteiger partial charge is 0.313 e. The van der Waals surface area contributed by atoms with E-state index in [2.05, 4.69) is 52.0 Å². The minimum absolute atomic E-state index is 0.251. The van der Waals surface area contributed by atoms with E-state index in [-0.39, 0.29) is 5.54 Å². The molecule has 12 heavy (non-hydrogen) atoms. The Morgan fingerprint density at radius 2 is 1.83 bits per heavy atom. The first-order chi connectivity index (χ1) is 5.35. The van der Waals surface area contributed by atoms with E-state index in [1.807, 2.05) is 0 Å². The fraction of sp³-hybridized carbons (Fsp3) is 1.00. The lowest BCUT2D eigenvalue weighted by Gasteiger charge is -2.39. The van der Waals surface area contributed by atoms with Crippen LogP contribution in [0.3, 0.4) is 0 Å². The summed E-state index contributed by atoms with van der Waals surface area (Å²) in [5.74, 6) is 0. The molecule has 2 atom stereocenters. The molecule has 1 aliphatic rings. The molecule has 0 radical (unpaired) electrons. The Labute approximate surface area is 76.3 Å². The number of nitrogens with one attached hydrogen (secondary N) is 1. The van der Waals surface area contributed by atoms with Crippen molar-refractivity contribution in [2.45, 2.75) is 39.3 Å². The van der Waals surface area contributed by atoms with Crippen LogP contribution in [-0.2, 0) is 0 Å². The highest BCUT2D eigenvalue weighted by Crippen LogP contribution is 2.42. The van der Waals surface area contributed by atoms with E-state index < -0.39 is 0 Å². The molecule has 1 fully saturated rings. The van der Waals surface area contributed by atoms with Gasteiger partial charge in [-0.3, -0.25) is 0 Å². The lowest BCUT2D eigenvalue weighted by molar-refractivity contribution is 0.170. The summed E-state index contributed by atoms with van der Waals surface area (Å²) in [7, 11) is 4.27. The van der Waals surface area contributed by atoms with E-state index >= 15 is 0 Å². The predicted molar refractivity (Wildman–Crippen MR) is 53.3 cm³/mol. The van der Waals surface area contributed by atoms with Gasteiger partial charge in [-0.25, -0.2) is 0 Å². The zero-order chi connectivity index (χ0) is 9.57. The molecule has 0 spiro atoms. The van der Waals surface area contributed by atoms with Gasteiger partial charge in [0, 0.05) is 18.1 Å². The second-order valence-corrected chi connectivity index (χ2v) is 4.89. The zero-order valence-electron chi connectivity index (χ0n) is 9.23. The molecule has 72 valence electrons. The van der Waals surface area contributed by atoms with Gasteiger partial charge in [-0.05, 0) is 33.4 Å². The molecule has 2 heteroatoms. The summed E-state index contributed by atoms with van der Waals surface area (Å²) in [5.41, 5.74) is 0.595. The number of nitrogens with zero attached hydrogens (tertiary/aromatic N) is 1. The standard InChI is InChI=1S/C10H22N2/c1-8-9(2,3)10(4,11-5)7-12(8)6/h8,11H,7H2,1-6H3. The van der Waals surface area contributed by atoms with Crippen LogP contribution in [0.1, 0.15) is 27.7 Å². The third kappa shape index (κ3) is 1.09. The van der Waals surface area contributed by atoms with Crippen LogP contribution in [0.4, 0.5) is 0 Å². The molecule has 1 heterocycles. The first kappa shape index (κ1) is 10.0. The van der Waals surface area contributed by atoms with Crippen molar-refractivity contribution in [2.24, 2.45) is 5.41 Å². The highest BCUT2D eigenvalue weighted by Gasteiger charge is 2.51. The zero-order valence-corrected chi connectivity index (χ0v) is 9.23. The quantitative estimate of drug-likeness (QED) is 0.638. The highest BCUT2D eigenvalue weighted by molar-refractivity contribution is 5.08. The number of hydrogen-bond donors (Lipinski definition) is 1. The number of rotatable bonds is 1. The van der Waals surface area contributed by atoms with Crippen molar-refractivity contribution in [3.05, 3.63) is 0 Å². The van der Waals surface area contributed by atoms with Gasteiger partial charge in [0.2, 0.25) is 0 Å². The average Bonchev–Trinajstić information content (AvgIpc) is 2.14. The Morgan fingerprint density at radius 1 is 1.33 bits per heavy atom. The van der Waals surface area contributed by atoms with Gasteiger partial charge in [-0.1, -0.05) is 13.8 Å². The molecule has 0 aromatic carbocycles. The summed E-state index contributed by atoms with van der Waals surface area (Å²) >= 11 is 0. The Bertz CT molecular complexity index is 174. The number of hydrogen-bond acceptors (Lipinski definition) is 2. The van der Waals surface area contributed by atoms with Crippen LogP contribution in [0.25, 0.3) is 0 Å². The molecule has 0 aromatic rings. The van der Waals surface area contributed by atoms with Crippen LogP contribution in [-0.4, -0.2) is 37.1 Å². The van der Waals surface area contributed by atoms with Crippen LogP contribution in [0.15, 0.2) is 0 Å². The molecule has 0 aliphatic carbocycles. The van der Waals surface area contributed by atoms with Crippen LogP contribution in [0, 0.1) is 5.41 Å². The fourth-order valence-corrected chi connectivity index (χ4v) is 2.25. The molecule has 1 rings (SSSR count). The summed E-state index contributed by atoms with van der Waals surface area (Å²) in [4.78, 5) is 2.43. The summed E-state index contributed by atoms with van der Waals surface area (Å²) in [5, 5.41) is 3.45. The molecule has 1 N–H and O–H groups in total. The van der Waals surface area contributed by atoms with Crippen molar-refractivity contribution >= 4 is 0 Å². The van der Waals surface area contributed by atoms with Crippen molar-refractivity contribution < 1.29 is 0 Å². The second kappa shape index (κ2) is 2.71. The van der Waals surface area contributed by atoms with Crippen molar-refractivity contribution in [3.8, 4) is 0 Å². The maximum Gasteiger partial charge on any atom is 0.0344 e. The van der Waals surface area contributed by atoms with Gasteiger partial charge in [0.1, 0.15) is 0 Å². The molecule has 2 nitrogen and oxygen atoms in total. The third-order valence-electron chi connectivity index (χ3n) is 4.25. The van der Waals surface area contributed by atoms with Gasteiger partial charge in [0.25, 0.3) is 0 Å².